The minimum absolute atomic E-state index is 0.163. The number of fused-ring (bicyclic) bond motifs is 1. The van der Waals surface area contributed by atoms with Crippen molar-refractivity contribution >= 4 is 16.9 Å². The van der Waals surface area contributed by atoms with Crippen molar-refractivity contribution in [1.82, 2.24) is 20.2 Å². The van der Waals surface area contributed by atoms with Gasteiger partial charge >= 0.3 is 0 Å². The smallest absolute Gasteiger partial charge is 0.220 e. The molecule has 1 aliphatic rings. The Hall–Kier alpha value is -2.01. The van der Waals surface area contributed by atoms with Crippen LogP contribution in [0.3, 0.4) is 0 Å². The third kappa shape index (κ3) is 3.36. The molecule has 1 aromatic carbocycles. The first-order chi connectivity index (χ1) is 10.2. The maximum Gasteiger partial charge on any atom is 0.220 e. The van der Waals surface area contributed by atoms with Crippen LogP contribution in [0.5, 0.6) is 0 Å². The summed E-state index contributed by atoms with van der Waals surface area (Å²) >= 11 is 0. The Morgan fingerprint density at radius 1 is 1.29 bits per heavy atom. The van der Waals surface area contributed by atoms with Gasteiger partial charge in [-0.15, -0.1) is 0 Å². The van der Waals surface area contributed by atoms with Gasteiger partial charge in [0.25, 0.3) is 0 Å². The van der Waals surface area contributed by atoms with Crippen LogP contribution in [0.15, 0.2) is 30.5 Å². The standard InChI is InChI=1S/C16H20N4O/c1-20(13-6-7-16(21)17-9-8-13)11-12-10-18-14-4-2-3-5-15(14)19-12/h2-5,10,13H,6-9,11H2,1H3,(H,17,21)/t13-/m0/s1. The number of nitrogens with zero attached hydrogens (tertiary/aromatic N) is 3. The van der Waals surface area contributed by atoms with E-state index in [0.29, 0.717) is 12.5 Å². The zero-order valence-corrected chi connectivity index (χ0v) is 12.2. The molecule has 3 rings (SSSR count). The molecule has 1 atom stereocenters. The van der Waals surface area contributed by atoms with Gasteiger partial charge in [-0.3, -0.25) is 14.7 Å². The van der Waals surface area contributed by atoms with Crippen molar-refractivity contribution in [3.8, 4) is 0 Å². The molecule has 2 aromatic rings. The van der Waals surface area contributed by atoms with E-state index in [1.807, 2.05) is 30.5 Å². The van der Waals surface area contributed by atoms with Crippen LogP contribution in [0, 0.1) is 0 Å². The topological polar surface area (TPSA) is 58.1 Å². The van der Waals surface area contributed by atoms with Crippen molar-refractivity contribution in [2.45, 2.75) is 31.8 Å². The molecule has 1 N–H and O–H groups in total. The molecular weight excluding hydrogens is 264 g/mol. The number of carbonyl (C=O) groups excluding carboxylic acids is 1. The first-order valence-electron chi connectivity index (χ1n) is 7.40. The van der Waals surface area contributed by atoms with Crippen LogP contribution in [0.2, 0.25) is 0 Å². The molecule has 5 heteroatoms. The van der Waals surface area contributed by atoms with E-state index < -0.39 is 0 Å². The van der Waals surface area contributed by atoms with Gasteiger partial charge in [0.1, 0.15) is 0 Å². The Morgan fingerprint density at radius 3 is 2.95 bits per heavy atom. The van der Waals surface area contributed by atoms with E-state index in [-0.39, 0.29) is 5.91 Å². The fraction of sp³-hybridized carbons (Fsp3) is 0.438. The number of nitrogens with one attached hydrogen (secondary N) is 1. The maximum atomic E-state index is 11.4. The van der Waals surface area contributed by atoms with E-state index in [2.05, 4.69) is 27.2 Å². The highest BCUT2D eigenvalue weighted by Gasteiger charge is 2.20. The lowest BCUT2D eigenvalue weighted by Gasteiger charge is -2.26. The fourth-order valence-electron chi connectivity index (χ4n) is 2.81. The minimum atomic E-state index is 0.163. The van der Waals surface area contributed by atoms with Gasteiger partial charge in [-0.1, -0.05) is 12.1 Å². The Balaban J connectivity index is 1.70. The van der Waals surface area contributed by atoms with E-state index in [9.17, 15) is 4.79 Å². The van der Waals surface area contributed by atoms with Crippen LogP contribution in [-0.4, -0.2) is 40.4 Å². The van der Waals surface area contributed by atoms with Gasteiger partial charge in [0, 0.05) is 25.6 Å². The van der Waals surface area contributed by atoms with Crippen LogP contribution in [0.1, 0.15) is 25.0 Å². The Labute approximate surface area is 124 Å². The number of hydrogen-bond donors (Lipinski definition) is 1. The second-order valence-electron chi connectivity index (χ2n) is 5.60. The first-order valence-corrected chi connectivity index (χ1v) is 7.40. The molecule has 1 aliphatic heterocycles. The summed E-state index contributed by atoms with van der Waals surface area (Å²) in [5.74, 6) is 0.163. The van der Waals surface area contributed by atoms with Gasteiger partial charge in [0.05, 0.1) is 22.9 Å². The molecule has 1 saturated heterocycles. The van der Waals surface area contributed by atoms with Crippen molar-refractivity contribution < 1.29 is 4.79 Å². The molecule has 1 amide bonds. The fourth-order valence-corrected chi connectivity index (χ4v) is 2.81. The number of para-hydroxylation sites is 2. The summed E-state index contributed by atoms with van der Waals surface area (Å²) in [6.07, 6.45) is 4.35. The second-order valence-corrected chi connectivity index (χ2v) is 5.60. The van der Waals surface area contributed by atoms with E-state index in [1.165, 1.54) is 0 Å². The molecule has 1 aromatic heterocycles. The summed E-state index contributed by atoms with van der Waals surface area (Å²) in [5.41, 5.74) is 2.83. The SMILES string of the molecule is CN(Cc1cnc2ccccc2n1)[C@@H]1CCNC(=O)CC1. The Morgan fingerprint density at radius 2 is 2.10 bits per heavy atom. The first kappa shape index (κ1) is 13.9. The number of benzene rings is 1. The third-order valence-electron chi connectivity index (χ3n) is 4.04. The summed E-state index contributed by atoms with van der Waals surface area (Å²) in [5, 5.41) is 2.92. The summed E-state index contributed by atoms with van der Waals surface area (Å²) in [7, 11) is 2.09. The van der Waals surface area contributed by atoms with Gasteiger partial charge in [0.2, 0.25) is 5.91 Å². The largest absolute Gasteiger partial charge is 0.356 e. The molecular formula is C16H20N4O. The molecule has 110 valence electrons. The quantitative estimate of drug-likeness (QED) is 0.932. The van der Waals surface area contributed by atoms with Gasteiger partial charge < -0.3 is 5.32 Å². The molecule has 2 heterocycles. The minimum Gasteiger partial charge on any atom is -0.356 e. The van der Waals surface area contributed by atoms with E-state index >= 15 is 0 Å². The lowest BCUT2D eigenvalue weighted by Crippen LogP contribution is -2.32. The molecule has 0 aliphatic carbocycles. The lowest BCUT2D eigenvalue weighted by atomic mass is 10.1. The van der Waals surface area contributed by atoms with Gasteiger partial charge in [-0.25, -0.2) is 4.98 Å². The summed E-state index contributed by atoms with van der Waals surface area (Å²) in [6, 6.07) is 8.32. The van der Waals surface area contributed by atoms with Crippen molar-refractivity contribution in [2.75, 3.05) is 13.6 Å². The summed E-state index contributed by atoms with van der Waals surface area (Å²) < 4.78 is 0. The van der Waals surface area contributed by atoms with Crippen molar-refractivity contribution in [3.63, 3.8) is 0 Å². The number of amides is 1. The van der Waals surface area contributed by atoms with Gasteiger partial charge in [0.15, 0.2) is 0 Å². The van der Waals surface area contributed by atoms with Crippen LogP contribution >= 0.6 is 0 Å². The monoisotopic (exact) mass is 284 g/mol. The zero-order chi connectivity index (χ0) is 14.7. The normalized spacial score (nSPS) is 19.5. The average molecular weight is 284 g/mol. The second kappa shape index (κ2) is 6.18. The maximum absolute atomic E-state index is 11.4. The molecule has 0 unspecified atom stereocenters. The van der Waals surface area contributed by atoms with Crippen LogP contribution in [-0.2, 0) is 11.3 Å². The lowest BCUT2D eigenvalue weighted by molar-refractivity contribution is -0.120. The van der Waals surface area contributed by atoms with E-state index in [1.54, 1.807) is 0 Å². The third-order valence-corrected chi connectivity index (χ3v) is 4.04. The molecule has 0 saturated carbocycles. The van der Waals surface area contributed by atoms with Crippen LogP contribution in [0.4, 0.5) is 0 Å². The number of carbonyl (C=O) groups is 1. The van der Waals surface area contributed by atoms with Gasteiger partial charge in [-0.2, -0.15) is 0 Å². The Kier molecular flexibility index (Phi) is 4.10. The predicted molar refractivity (Wildman–Crippen MR) is 81.7 cm³/mol. The highest BCUT2D eigenvalue weighted by Crippen LogP contribution is 2.15. The molecule has 0 spiro atoms. The molecule has 0 bridgehead atoms. The zero-order valence-electron chi connectivity index (χ0n) is 12.2. The van der Waals surface area contributed by atoms with Crippen LogP contribution < -0.4 is 5.32 Å². The number of hydrogen-bond acceptors (Lipinski definition) is 4. The summed E-state index contributed by atoms with van der Waals surface area (Å²) in [4.78, 5) is 22.8. The van der Waals surface area contributed by atoms with Gasteiger partial charge in [-0.05, 0) is 32.0 Å². The van der Waals surface area contributed by atoms with E-state index in [0.717, 1.165) is 42.7 Å². The molecule has 21 heavy (non-hydrogen) atoms. The average Bonchev–Trinajstić information content (AvgIpc) is 2.72. The molecule has 1 fully saturated rings. The summed E-state index contributed by atoms with van der Waals surface area (Å²) in [6.45, 7) is 1.52. The Bertz CT molecular complexity index is 643. The highest BCUT2D eigenvalue weighted by atomic mass is 16.1. The van der Waals surface area contributed by atoms with Crippen molar-refractivity contribution in [2.24, 2.45) is 0 Å². The number of rotatable bonds is 3. The van der Waals surface area contributed by atoms with E-state index in [4.69, 9.17) is 0 Å². The van der Waals surface area contributed by atoms with Crippen molar-refractivity contribution in [3.05, 3.63) is 36.2 Å². The van der Waals surface area contributed by atoms with Crippen LogP contribution in [0.25, 0.3) is 11.0 Å². The molecule has 0 radical (unpaired) electrons. The predicted octanol–water partition coefficient (Wildman–Crippen LogP) is 1.73. The molecule has 5 nitrogen and oxygen atoms in total. The van der Waals surface area contributed by atoms with Crippen molar-refractivity contribution in [1.29, 1.82) is 0 Å². The number of aromatic nitrogens is 2. The highest BCUT2D eigenvalue weighted by molar-refractivity contribution is 5.76.